The fourth-order valence-electron chi connectivity index (χ4n) is 6.59. The van der Waals surface area contributed by atoms with Crippen LogP contribution in [0.2, 0.25) is 0 Å². The highest BCUT2D eigenvalue weighted by atomic mass is 16.6. The zero-order chi connectivity index (χ0) is 47.2. The van der Waals surface area contributed by atoms with Crippen LogP contribution in [-0.4, -0.2) is 37.2 Å². The molecule has 0 saturated carbocycles. The van der Waals surface area contributed by atoms with Gasteiger partial charge in [-0.05, 0) is 116 Å². The van der Waals surface area contributed by atoms with Gasteiger partial charge in [0.1, 0.15) is 13.2 Å². The molecule has 0 fully saturated rings. The first kappa shape index (κ1) is 60.8. The Kier molecular flexibility index (Phi) is 49.1. The molecule has 0 spiro atoms. The van der Waals surface area contributed by atoms with E-state index in [0.717, 1.165) is 122 Å². The summed E-state index contributed by atoms with van der Waals surface area (Å²) in [6.07, 6.45) is 71.9. The molecular formula is C59H94O6. The van der Waals surface area contributed by atoms with E-state index in [4.69, 9.17) is 14.2 Å². The maximum absolute atomic E-state index is 12.8. The van der Waals surface area contributed by atoms with Crippen LogP contribution < -0.4 is 0 Å². The van der Waals surface area contributed by atoms with Crippen molar-refractivity contribution < 1.29 is 28.6 Å². The topological polar surface area (TPSA) is 78.9 Å². The number of rotatable bonds is 45. The molecule has 0 saturated heterocycles. The molecular weight excluding hydrogens is 805 g/mol. The van der Waals surface area contributed by atoms with Crippen LogP contribution in [0, 0.1) is 0 Å². The van der Waals surface area contributed by atoms with Crippen molar-refractivity contribution in [3.63, 3.8) is 0 Å². The lowest BCUT2D eigenvalue weighted by atomic mass is 10.1. The van der Waals surface area contributed by atoms with Crippen LogP contribution in [0.1, 0.15) is 213 Å². The number of esters is 3. The quantitative estimate of drug-likeness (QED) is 0.0262. The minimum absolute atomic E-state index is 0.114. The van der Waals surface area contributed by atoms with E-state index in [-0.39, 0.29) is 37.5 Å². The van der Waals surface area contributed by atoms with E-state index in [1.807, 2.05) is 12.2 Å². The highest BCUT2D eigenvalue weighted by Crippen LogP contribution is 2.13. The summed E-state index contributed by atoms with van der Waals surface area (Å²) >= 11 is 0. The van der Waals surface area contributed by atoms with Crippen molar-refractivity contribution >= 4 is 17.9 Å². The first-order chi connectivity index (χ1) is 32.0. The number of carbonyl (C=O) groups excluding carboxylic acids is 3. The van der Waals surface area contributed by atoms with Gasteiger partial charge in [0.05, 0.1) is 0 Å². The molecule has 65 heavy (non-hydrogen) atoms. The smallest absolute Gasteiger partial charge is 0.306 e. The van der Waals surface area contributed by atoms with Crippen molar-refractivity contribution in [1.29, 1.82) is 0 Å². The summed E-state index contributed by atoms with van der Waals surface area (Å²) in [5.41, 5.74) is 0. The maximum Gasteiger partial charge on any atom is 0.306 e. The van der Waals surface area contributed by atoms with Crippen LogP contribution in [0.15, 0.2) is 122 Å². The highest BCUT2D eigenvalue weighted by Gasteiger charge is 2.19. The molecule has 0 aromatic carbocycles. The Bertz CT molecular complexity index is 1400. The first-order valence-electron chi connectivity index (χ1n) is 26.0. The molecule has 6 nitrogen and oxygen atoms in total. The van der Waals surface area contributed by atoms with E-state index >= 15 is 0 Å². The molecule has 1 unspecified atom stereocenters. The van der Waals surface area contributed by atoms with Gasteiger partial charge >= 0.3 is 17.9 Å². The summed E-state index contributed by atoms with van der Waals surface area (Å²) in [6.45, 7) is 6.29. The van der Waals surface area contributed by atoms with E-state index in [2.05, 4.69) is 130 Å². The van der Waals surface area contributed by atoms with Gasteiger partial charge in [-0.3, -0.25) is 14.4 Å². The molecule has 0 radical (unpaired) electrons. The first-order valence-corrected chi connectivity index (χ1v) is 26.0. The van der Waals surface area contributed by atoms with E-state index < -0.39 is 6.10 Å². The minimum Gasteiger partial charge on any atom is -0.462 e. The zero-order valence-corrected chi connectivity index (χ0v) is 41.7. The Hall–Kier alpha value is -4.19. The van der Waals surface area contributed by atoms with Gasteiger partial charge in [0.15, 0.2) is 6.10 Å². The van der Waals surface area contributed by atoms with Gasteiger partial charge in [0.2, 0.25) is 0 Å². The highest BCUT2D eigenvalue weighted by molar-refractivity contribution is 5.71. The molecule has 0 aromatic heterocycles. The Morgan fingerprint density at radius 2 is 0.631 bits per heavy atom. The summed E-state index contributed by atoms with van der Waals surface area (Å²) < 4.78 is 16.7. The van der Waals surface area contributed by atoms with Gasteiger partial charge in [-0.15, -0.1) is 0 Å². The van der Waals surface area contributed by atoms with Gasteiger partial charge in [0.25, 0.3) is 0 Å². The number of allylic oxidation sites excluding steroid dienone is 20. The number of hydrogen-bond acceptors (Lipinski definition) is 6. The third-order valence-electron chi connectivity index (χ3n) is 10.4. The van der Waals surface area contributed by atoms with Crippen LogP contribution in [-0.2, 0) is 28.6 Å². The Labute approximate surface area is 399 Å². The van der Waals surface area contributed by atoms with Crippen molar-refractivity contribution in [2.45, 2.75) is 219 Å². The molecule has 0 aliphatic heterocycles. The molecule has 0 aliphatic carbocycles. The zero-order valence-electron chi connectivity index (χ0n) is 41.7. The lowest BCUT2D eigenvalue weighted by molar-refractivity contribution is -0.166. The predicted octanol–water partition coefficient (Wildman–Crippen LogP) is 17.3. The van der Waals surface area contributed by atoms with Gasteiger partial charge in [-0.1, -0.05) is 200 Å². The lowest BCUT2D eigenvalue weighted by Crippen LogP contribution is -2.30. The molecule has 0 amide bonds. The van der Waals surface area contributed by atoms with Gasteiger partial charge in [-0.25, -0.2) is 0 Å². The summed E-state index contributed by atoms with van der Waals surface area (Å²) in [4.78, 5) is 38.0. The van der Waals surface area contributed by atoms with Crippen LogP contribution in [0.3, 0.4) is 0 Å². The summed E-state index contributed by atoms with van der Waals surface area (Å²) in [6, 6.07) is 0. The summed E-state index contributed by atoms with van der Waals surface area (Å²) in [5, 5.41) is 0. The number of unbranched alkanes of at least 4 members (excludes halogenated alkanes) is 14. The van der Waals surface area contributed by atoms with E-state index in [9.17, 15) is 14.4 Å². The lowest BCUT2D eigenvalue weighted by Gasteiger charge is -2.18. The van der Waals surface area contributed by atoms with Crippen molar-refractivity contribution in [1.82, 2.24) is 0 Å². The molecule has 6 heteroatoms. The van der Waals surface area contributed by atoms with Crippen molar-refractivity contribution in [2.24, 2.45) is 0 Å². The molecule has 0 aromatic rings. The molecule has 0 bridgehead atoms. The number of ether oxygens (including phenoxy) is 3. The van der Waals surface area contributed by atoms with Crippen molar-refractivity contribution in [3.8, 4) is 0 Å². The van der Waals surface area contributed by atoms with E-state index in [1.54, 1.807) is 0 Å². The SMILES string of the molecule is CC/C=C\C/C=C\C/C=C\C/C=C\C/C=C\C/C=C\CCC(=O)OCC(COC(=O)CCCCCCC/C=C\CCCCC)OC(=O)CCCCCCCC/C=C\C/C=C\C/C=C\CC. The van der Waals surface area contributed by atoms with Gasteiger partial charge in [0, 0.05) is 19.3 Å². The van der Waals surface area contributed by atoms with E-state index in [0.29, 0.717) is 19.3 Å². The maximum atomic E-state index is 12.8. The standard InChI is InChI=1S/C59H94O6/c1-4-7-10-13-16-19-22-25-27-29-30-31-33-34-37-40-43-46-49-52-58(61)64-55-56(54-63-57(60)51-48-45-42-39-36-24-21-18-15-12-9-6-3)65-59(62)53-50-47-44-41-38-35-32-28-26-23-20-17-14-11-8-5-2/h7-8,10-11,16-21,25-28,30-31,34,37,43,46,56H,4-6,9,12-15,22-24,29,32-33,35-36,38-42,44-45,47-55H2,1-3H3/b10-7-,11-8-,19-16-,20-17-,21-18-,27-25-,28-26-,31-30-,37-34-,46-43-. The second-order valence-electron chi connectivity index (χ2n) is 16.7. The summed E-state index contributed by atoms with van der Waals surface area (Å²) in [5.74, 6) is -1.03. The molecule has 1 atom stereocenters. The second kappa shape index (κ2) is 52.4. The van der Waals surface area contributed by atoms with Crippen LogP contribution in [0.25, 0.3) is 0 Å². The molecule has 366 valence electrons. The Morgan fingerprint density at radius 3 is 1.05 bits per heavy atom. The largest absolute Gasteiger partial charge is 0.462 e. The van der Waals surface area contributed by atoms with Crippen LogP contribution in [0.4, 0.5) is 0 Å². The molecule has 0 aliphatic rings. The van der Waals surface area contributed by atoms with Crippen molar-refractivity contribution in [3.05, 3.63) is 122 Å². The monoisotopic (exact) mass is 899 g/mol. The van der Waals surface area contributed by atoms with Crippen molar-refractivity contribution in [2.75, 3.05) is 13.2 Å². The van der Waals surface area contributed by atoms with Crippen LogP contribution in [0.5, 0.6) is 0 Å². The van der Waals surface area contributed by atoms with Gasteiger partial charge < -0.3 is 14.2 Å². The second-order valence-corrected chi connectivity index (χ2v) is 16.7. The minimum atomic E-state index is -0.822. The van der Waals surface area contributed by atoms with E-state index in [1.165, 1.54) is 44.9 Å². The predicted molar refractivity (Wildman–Crippen MR) is 279 cm³/mol. The third kappa shape index (κ3) is 50.7. The fraction of sp³-hybridized carbons (Fsp3) is 0.610. The molecule has 0 N–H and O–H groups in total. The molecule has 0 rings (SSSR count). The van der Waals surface area contributed by atoms with Crippen LogP contribution >= 0.6 is 0 Å². The number of hydrogen-bond donors (Lipinski definition) is 0. The average Bonchev–Trinajstić information content (AvgIpc) is 3.30. The fourth-order valence-corrected chi connectivity index (χ4v) is 6.59. The Balaban J connectivity index is 4.54. The normalized spacial score (nSPS) is 13.1. The Morgan fingerprint density at radius 1 is 0.323 bits per heavy atom. The third-order valence-corrected chi connectivity index (χ3v) is 10.4. The average molecular weight is 899 g/mol. The summed E-state index contributed by atoms with van der Waals surface area (Å²) in [7, 11) is 0. The van der Waals surface area contributed by atoms with Gasteiger partial charge in [-0.2, -0.15) is 0 Å². The number of carbonyl (C=O) groups is 3. The molecule has 0 heterocycles.